The van der Waals surface area contributed by atoms with E-state index in [9.17, 15) is 0 Å². The van der Waals surface area contributed by atoms with Gasteiger partial charge in [-0.15, -0.1) is 11.3 Å². The number of fused-ring (bicyclic) bond motifs is 3. The van der Waals surface area contributed by atoms with Crippen LogP contribution in [0, 0.1) is 0 Å². The summed E-state index contributed by atoms with van der Waals surface area (Å²) in [5.41, 5.74) is 9.10. The Labute approximate surface area is 208 Å². The highest BCUT2D eigenvalue weighted by atomic mass is 32.1. The van der Waals surface area contributed by atoms with Crippen molar-refractivity contribution < 1.29 is 0 Å². The summed E-state index contributed by atoms with van der Waals surface area (Å²) in [6.45, 7) is 0. The summed E-state index contributed by atoms with van der Waals surface area (Å²) in [5, 5.41) is 1.05. The van der Waals surface area contributed by atoms with E-state index >= 15 is 0 Å². The second-order valence-corrected chi connectivity index (χ2v) is 9.55. The van der Waals surface area contributed by atoms with Gasteiger partial charge in [-0.2, -0.15) is 0 Å². The van der Waals surface area contributed by atoms with Crippen LogP contribution in [0.3, 0.4) is 0 Å². The summed E-state index contributed by atoms with van der Waals surface area (Å²) in [7, 11) is 0. The lowest BCUT2D eigenvalue weighted by molar-refractivity contribution is 1.17. The summed E-state index contributed by atoms with van der Waals surface area (Å²) in [5.74, 6) is 0. The molecule has 0 aliphatic carbocycles. The van der Waals surface area contributed by atoms with Gasteiger partial charge in [0, 0.05) is 16.9 Å². The van der Waals surface area contributed by atoms with Gasteiger partial charge in [0.25, 0.3) is 0 Å². The highest BCUT2D eigenvalue weighted by Gasteiger charge is 2.29. The Balaban J connectivity index is 1.35. The first-order valence-electron chi connectivity index (χ1n) is 11.7. The van der Waals surface area contributed by atoms with Crippen LogP contribution >= 0.6 is 11.3 Å². The number of rotatable bonds is 3. The van der Waals surface area contributed by atoms with Crippen molar-refractivity contribution in [2.45, 2.75) is 0 Å². The van der Waals surface area contributed by atoms with Crippen molar-refractivity contribution in [2.75, 3.05) is 9.80 Å². The molecule has 3 nitrogen and oxygen atoms in total. The van der Waals surface area contributed by atoms with E-state index in [2.05, 4.69) is 131 Å². The molecular weight excluding hydrogens is 446 g/mol. The molecule has 0 atom stereocenters. The molecule has 5 aromatic carbocycles. The zero-order chi connectivity index (χ0) is 23.2. The van der Waals surface area contributed by atoms with E-state index in [0.29, 0.717) is 0 Å². The van der Waals surface area contributed by atoms with Crippen LogP contribution in [0.5, 0.6) is 0 Å². The van der Waals surface area contributed by atoms with Gasteiger partial charge in [0.1, 0.15) is 5.01 Å². The Morgan fingerprint density at radius 1 is 0.457 bits per heavy atom. The standard InChI is InChI=1S/C31H21N3S/c1-2-10-23(11-3-1)33-26-13-5-7-15-28(26)34(29-16-8-6-14-27(29)33)24-20-18-22(19-21-24)31-32-25-12-4-9-17-30(25)35-31/h1-21H. The highest BCUT2D eigenvalue weighted by molar-refractivity contribution is 7.21. The Kier molecular flexibility index (Phi) is 4.64. The Hall–Kier alpha value is -4.41. The van der Waals surface area contributed by atoms with E-state index in [-0.39, 0.29) is 0 Å². The van der Waals surface area contributed by atoms with E-state index in [4.69, 9.17) is 4.98 Å². The van der Waals surface area contributed by atoms with Gasteiger partial charge in [-0.25, -0.2) is 4.98 Å². The molecule has 0 bridgehead atoms. The lowest BCUT2D eigenvalue weighted by atomic mass is 10.0. The molecule has 0 unspecified atom stereocenters. The molecule has 1 aliphatic rings. The molecule has 0 radical (unpaired) electrons. The van der Waals surface area contributed by atoms with E-state index in [0.717, 1.165) is 50.2 Å². The molecule has 1 aromatic heterocycles. The smallest absolute Gasteiger partial charge is 0.124 e. The van der Waals surface area contributed by atoms with Crippen molar-refractivity contribution in [2.24, 2.45) is 0 Å². The fourth-order valence-corrected chi connectivity index (χ4v) is 5.80. The first kappa shape index (κ1) is 20.0. The first-order chi connectivity index (χ1) is 17.4. The van der Waals surface area contributed by atoms with Gasteiger partial charge >= 0.3 is 0 Å². The first-order valence-corrected chi connectivity index (χ1v) is 12.5. The third kappa shape index (κ3) is 3.30. The summed E-state index contributed by atoms with van der Waals surface area (Å²) >= 11 is 1.74. The van der Waals surface area contributed by atoms with Gasteiger partial charge in [0.15, 0.2) is 0 Å². The maximum atomic E-state index is 4.84. The predicted molar refractivity (Wildman–Crippen MR) is 148 cm³/mol. The van der Waals surface area contributed by atoms with Crippen LogP contribution in [-0.2, 0) is 0 Å². The molecular formula is C31H21N3S. The number of benzene rings is 5. The molecule has 0 saturated carbocycles. The minimum absolute atomic E-state index is 1.05. The number of anilines is 6. The number of hydrogen-bond acceptors (Lipinski definition) is 4. The minimum Gasteiger partial charge on any atom is -0.306 e. The molecule has 0 N–H and O–H groups in total. The fraction of sp³-hybridized carbons (Fsp3) is 0. The van der Waals surface area contributed by atoms with Gasteiger partial charge < -0.3 is 9.80 Å². The van der Waals surface area contributed by atoms with Crippen LogP contribution in [-0.4, -0.2) is 4.98 Å². The summed E-state index contributed by atoms with van der Waals surface area (Å²) in [6, 6.07) is 44.9. The second kappa shape index (κ2) is 8.12. The maximum Gasteiger partial charge on any atom is 0.124 e. The van der Waals surface area contributed by atoms with E-state index in [1.54, 1.807) is 11.3 Å². The second-order valence-electron chi connectivity index (χ2n) is 8.52. The molecule has 4 heteroatoms. The van der Waals surface area contributed by atoms with Crippen molar-refractivity contribution >= 4 is 55.7 Å². The van der Waals surface area contributed by atoms with Crippen molar-refractivity contribution in [1.82, 2.24) is 4.98 Å². The third-order valence-corrected chi connectivity index (χ3v) is 7.49. The van der Waals surface area contributed by atoms with Crippen molar-refractivity contribution in [3.63, 3.8) is 0 Å². The topological polar surface area (TPSA) is 19.4 Å². The van der Waals surface area contributed by atoms with Crippen LogP contribution in [0.4, 0.5) is 34.1 Å². The molecule has 0 fully saturated rings. The number of thiazole rings is 1. The maximum absolute atomic E-state index is 4.84. The number of aromatic nitrogens is 1. The Bertz CT molecular complexity index is 1570. The van der Waals surface area contributed by atoms with Crippen LogP contribution in [0.15, 0.2) is 127 Å². The average Bonchev–Trinajstić information content (AvgIpc) is 3.37. The van der Waals surface area contributed by atoms with Crippen LogP contribution < -0.4 is 9.80 Å². The Morgan fingerprint density at radius 2 is 0.943 bits per heavy atom. The molecule has 6 aromatic rings. The lowest BCUT2D eigenvalue weighted by Gasteiger charge is -2.40. The average molecular weight is 468 g/mol. The zero-order valence-corrected chi connectivity index (χ0v) is 19.7. The summed E-state index contributed by atoms with van der Waals surface area (Å²) in [4.78, 5) is 9.54. The van der Waals surface area contributed by atoms with Crippen LogP contribution in [0.25, 0.3) is 20.8 Å². The number of nitrogens with zero attached hydrogens (tertiary/aromatic N) is 3. The molecule has 0 amide bonds. The molecule has 166 valence electrons. The normalized spacial score (nSPS) is 12.5. The van der Waals surface area contributed by atoms with Gasteiger partial charge in [0.2, 0.25) is 0 Å². The largest absolute Gasteiger partial charge is 0.306 e. The van der Waals surface area contributed by atoms with Crippen molar-refractivity contribution in [3.8, 4) is 10.6 Å². The van der Waals surface area contributed by atoms with E-state index in [1.165, 1.54) is 4.70 Å². The summed E-state index contributed by atoms with van der Waals surface area (Å²) < 4.78 is 1.21. The number of para-hydroxylation sites is 6. The molecule has 0 spiro atoms. The van der Waals surface area contributed by atoms with Crippen LogP contribution in [0.1, 0.15) is 0 Å². The highest BCUT2D eigenvalue weighted by Crippen LogP contribution is 2.53. The van der Waals surface area contributed by atoms with Crippen LogP contribution in [0.2, 0.25) is 0 Å². The summed E-state index contributed by atoms with van der Waals surface area (Å²) in [6.07, 6.45) is 0. The van der Waals surface area contributed by atoms with Gasteiger partial charge in [-0.05, 0) is 72.8 Å². The third-order valence-electron chi connectivity index (χ3n) is 6.41. The molecule has 1 aliphatic heterocycles. The molecule has 35 heavy (non-hydrogen) atoms. The van der Waals surface area contributed by atoms with E-state index in [1.807, 2.05) is 6.07 Å². The lowest BCUT2D eigenvalue weighted by Crippen LogP contribution is -2.23. The van der Waals surface area contributed by atoms with Gasteiger partial charge in [0.05, 0.1) is 33.0 Å². The number of hydrogen-bond donors (Lipinski definition) is 0. The molecule has 2 heterocycles. The fourth-order valence-electron chi connectivity index (χ4n) is 4.83. The minimum atomic E-state index is 1.05. The molecule has 0 saturated heterocycles. The quantitative estimate of drug-likeness (QED) is 0.258. The Morgan fingerprint density at radius 3 is 1.51 bits per heavy atom. The van der Waals surface area contributed by atoms with E-state index < -0.39 is 0 Å². The molecule has 7 rings (SSSR count). The van der Waals surface area contributed by atoms with Gasteiger partial charge in [-0.3, -0.25) is 0 Å². The monoisotopic (exact) mass is 467 g/mol. The zero-order valence-electron chi connectivity index (χ0n) is 18.9. The van der Waals surface area contributed by atoms with Crippen molar-refractivity contribution in [3.05, 3.63) is 127 Å². The van der Waals surface area contributed by atoms with Crippen molar-refractivity contribution in [1.29, 1.82) is 0 Å². The SMILES string of the molecule is c1ccc(N2c3ccccc3N(c3ccc(-c4nc5ccccc5s4)cc3)c3ccccc32)cc1. The van der Waals surface area contributed by atoms with Gasteiger partial charge in [-0.1, -0.05) is 54.6 Å². The predicted octanol–water partition coefficient (Wildman–Crippen LogP) is 9.22.